The first-order valence-electron chi connectivity index (χ1n) is 6.51. The summed E-state index contributed by atoms with van der Waals surface area (Å²) in [5.74, 6) is 1.16. The van der Waals surface area contributed by atoms with E-state index in [9.17, 15) is 13.5 Å². The first kappa shape index (κ1) is 16.7. The molecule has 0 fully saturated rings. The third-order valence-corrected chi connectivity index (χ3v) is 4.38. The van der Waals surface area contributed by atoms with Crippen molar-refractivity contribution in [3.63, 3.8) is 0 Å². The number of anilines is 1. The summed E-state index contributed by atoms with van der Waals surface area (Å²) in [6.45, 7) is 1.76. The van der Waals surface area contributed by atoms with Crippen LogP contribution in [0.2, 0.25) is 0 Å². The van der Waals surface area contributed by atoms with E-state index < -0.39 is 10.9 Å². The lowest BCUT2D eigenvalue weighted by Gasteiger charge is -2.12. The summed E-state index contributed by atoms with van der Waals surface area (Å²) in [7, 11) is -2.74. The fourth-order valence-electron chi connectivity index (χ4n) is 2.02. The summed E-state index contributed by atoms with van der Waals surface area (Å²) >= 11 is 1.66. The molecule has 2 rings (SSSR count). The van der Waals surface area contributed by atoms with Gasteiger partial charge in [0, 0.05) is 16.1 Å². The van der Waals surface area contributed by atoms with Gasteiger partial charge in [-0.05, 0) is 55.1 Å². The summed E-state index contributed by atoms with van der Waals surface area (Å²) < 4.78 is 29.4. The number of thiol groups is 1. The molecule has 0 bridgehead atoms. The van der Waals surface area contributed by atoms with E-state index in [-0.39, 0.29) is 6.61 Å². The maximum atomic E-state index is 10.7. The maximum Gasteiger partial charge on any atom is 0.222 e. The Hall–Kier alpha value is -1.70. The second-order valence-corrected chi connectivity index (χ2v) is 6.17. The Morgan fingerprint density at radius 1 is 1.23 bits per heavy atom. The Kier molecular flexibility index (Phi) is 5.70. The summed E-state index contributed by atoms with van der Waals surface area (Å²) in [4.78, 5) is 1.17. The predicted molar refractivity (Wildman–Crippen MR) is 89.3 cm³/mol. The normalized spacial score (nSPS) is 10.7. The monoisotopic (exact) mass is 339 g/mol. The molecule has 0 unspecified atom stereocenters. The number of aryl methyl sites for hydroxylation is 1. The molecular weight excluding hydrogens is 322 g/mol. The molecule has 2 aromatic carbocycles. The van der Waals surface area contributed by atoms with E-state index in [2.05, 4.69) is 4.72 Å². The van der Waals surface area contributed by atoms with E-state index in [4.69, 9.17) is 4.74 Å². The minimum absolute atomic E-state index is 0.248. The van der Waals surface area contributed by atoms with E-state index in [0.717, 1.165) is 5.56 Å². The molecular formula is C15H17NO4S2. The Morgan fingerprint density at radius 2 is 2.00 bits per heavy atom. The number of hydrogen-bond donors (Lipinski definition) is 3. The maximum absolute atomic E-state index is 10.7. The Morgan fingerprint density at radius 3 is 2.59 bits per heavy atom. The second kappa shape index (κ2) is 7.53. The Bertz CT molecular complexity index is 736. The van der Waals surface area contributed by atoms with Crippen molar-refractivity contribution in [3.05, 3.63) is 47.5 Å². The van der Waals surface area contributed by atoms with Crippen LogP contribution in [0, 0.1) is 6.92 Å². The fraction of sp³-hybridized carbons (Fsp3) is 0.200. The Labute approximate surface area is 135 Å². The van der Waals surface area contributed by atoms with Gasteiger partial charge in [-0.1, -0.05) is 0 Å². The first-order chi connectivity index (χ1) is 10.5. The van der Waals surface area contributed by atoms with Crippen LogP contribution in [0.5, 0.6) is 11.5 Å². The number of nitrogens with one attached hydrogen (secondary N) is 1. The van der Waals surface area contributed by atoms with Gasteiger partial charge in [0.05, 0.1) is 6.61 Å². The van der Waals surface area contributed by atoms with E-state index in [1.165, 1.54) is 4.90 Å². The zero-order valence-electron chi connectivity index (χ0n) is 12.2. The molecule has 2 aromatic rings. The molecule has 0 aliphatic carbocycles. The van der Waals surface area contributed by atoms with Gasteiger partial charge in [-0.3, -0.25) is 4.72 Å². The largest absolute Gasteiger partial charge is 0.457 e. The van der Waals surface area contributed by atoms with Crippen LogP contribution >= 0.6 is 11.8 Å². The van der Waals surface area contributed by atoms with Gasteiger partial charge in [0.1, 0.15) is 11.5 Å². The SMILES string of the molecule is CSc1ccc(Oc2ccc(N[SH](=O)=O)cc2CO)cc1C. The van der Waals surface area contributed by atoms with Gasteiger partial charge < -0.3 is 9.84 Å². The Balaban J connectivity index is 2.27. The number of rotatable bonds is 6. The highest BCUT2D eigenvalue weighted by molar-refractivity contribution is 7.98. The molecule has 0 aliphatic rings. The molecule has 0 aliphatic heterocycles. The summed E-state index contributed by atoms with van der Waals surface area (Å²) in [6, 6.07) is 10.5. The van der Waals surface area contributed by atoms with Crippen LogP contribution in [0.3, 0.4) is 0 Å². The fourth-order valence-corrected chi connectivity index (χ4v) is 2.95. The molecule has 5 nitrogen and oxygen atoms in total. The van der Waals surface area contributed by atoms with Crippen molar-refractivity contribution in [2.45, 2.75) is 18.4 Å². The standard InChI is InChI=1S/C15H17NO4S2/c1-10-7-13(4-6-15(10)21-2)20-14-5-3-12(16-22(18)19)8-11(14)9-17/h3-8,17,22H,9H2,1-2H3,(H,16,18,19). The van der Waals surface area contributed by atoms with Crippen molar-refractivity contribution in [1.29, 1.82) is 0 Å². The lowest BCUT2D eigenvalue weighted by Crippen LogP contribution is -1.98. The van der Waals surface area contributed by atoms with E-state index in [1.807, 2.05) is 31.4 Å². The van der Waals surface area contributed by atoms with Gasteiger partial charge in [-0.15, -0.1) is 11.8 Å². The number of thioether (sulfide) groups is 1. The zero-order chi connectivity index (χ0) is 16.1. The number of hydrogen-bond acceptors (Lipinski definition) is 5. The molecule has 0 radical (unpaired) electrons. The van der Waals surface area contributed by atoms with Gasteiger partial charge in [0.2, 0.25) is 10.9 Å². The predicted octanol–water partition coefficient (Wildman–Crippen LogP) is 2.94. The smallest absolute Gasteiger partial charge is 0.222 e. The van der Waals surface area contributed by atoms with Crippen molar-refractivity contribution in [3.8, 4) is 11.5 Å². The number of ether oxygens (including phenoxy) is 1. The molecule has 0 atom stereocenters. The van der Waals surface area contributed by atoms with Gasteiger partial charge >= 0.3 is 0 Å². The number of aliphatic hydroxyl groups is 1. The van der Waals surface area contributed by atoms with E-state index in [1.54, 1.807) is 30.0 Å². The molecule has 2 N–H and O–H groups in total. The topological polar surface area (TPSA) is 75.6 Å². The molecule has 118 valence electrons. The molecule has 0 heterocycles. The van der Waals surface area contributed by atoms with Crippen LogP contribution in [-0.2, 0) is 17.5 Å². The van der Waals surface area contributed by atoms with Crippen molar-refractivity contribution < 1.29 is 18.3 Å². The van der Waals surface area contributed by atoms with Gasteiger partial charge in [-0.2, -0.15) is 0 Å². The minimum Gasteiger partial charge on any atom is -0.457 e. The van der Waals surface area contributed by atoms with Crippen molar-refractivity contribution in [2.75, 3.05) is 11.0 Å². The molecule has 0 spiro atoms. The molecule has 0 saturated carbocycles. The molecule has 22 heavy (non-hydrogen) atoms. The van der Waals surface area contributed by atoms with Gasteiger partial charge in [0.15, 0.2) is 0 Å². The van der Waals surface area contributed by atoms with Gasteiger partial charge in [-0.25, -0.2) is 8.42 Å². The lowest BCUT2D eigenvalue weighted by molar-refractivity contribution is 0.276. The number of benzene rings is 2. The van der Waals surface area contributed by atoms with Crippen LogP contribution in [0.1, 0.15) is 11.1 Å². The third kappa shape index (κ3) is 4.16. The molecule has 7 heteroatoms. The molecule has 0 amide bonds. The van der Waals surface area contributed by atoms with Crippen LogP contribution in [0.25, 0.3) is 0 Å². The summed E-state index contributed by atoms with van der Waals surface area (Å²) in [5.41, 5.74) is 2.01. The highest BCUT2D eigenvalue weighted by Gasteiger charge is 2.07. The average Bonchev–Trinajstić information content (AvgIpc) is 2.48. The van der Waals surface area contributed by atoms with Crippen LogP contribution in [0.15, 0.2) is 41.3 Å². The zero-order valence-corrected chi connectivity index (χ0v) is 13.9. The third-order valence-electron chi connectivity index (χ3n) is 3.05. The van der Waals surface area contributed by atoms with E-state index in [0.29, 0.717) is 22.7 Å². The van der Waals surface area contributed by atoms with Crippen molar-refractivity contribution in [1.82, 2.24) is 0 Å². The van der Waals surface area contributed by atoms with Crippen LogP contribution in [0.4, 0.5) is 5.69 Å². The quantitative estimate of drug-likeness (QED) is 0.557. The van der Waals surface area contributed by atoms with Gasteiger partial charge in [0.25, 0.3) is 0 Å². The van der Waals surface area contributed by atoms with Crippen molar-refractivity contribution >= 4 is 28.3 Å². The summed E-state index contributed by atoms with van der Waals surface area (Å²) in [6.07, 6.45) is 2.01. The number of aliphatic hydroxyl groups excluding tert-OH is 1. The highest BCUT2D eigenvalue weighted by Crippen LogP contribution is 2.31. The van der Waals surface area contributed by atoms with Crippen LogP contribution < -0.4 is 9.46 Å². The minimum atomic E-state index is -2.74. The van der Waals surface area contributed by atoms with E-state index >= 15 is 0 Å². The van der Waals surface area contributed by atoms with Crippen LogP contribution in [-0.4, -0.2) is 19.8 Å². The highest BCUT2D eigenvalue weighted by atomic mass is 32.2. The second-order valence-electron chi connectivity index (χ2n) is 4.58. The first-order valence-corrected chi connectivity index (χ1v) is 8.91. The molecule has 0 saturated heterocycles. The summed E-state index contributed by atoms with van der Waals surface area (Å²) in [5, 5.41) is 9.43. The molecule has 0 aromatic heterocycles. The lowest BCUT2D eigenvalue weighted by atomic mass is 10.2. The van der Waals surface area contributed by atoms with Crippen molar-refractivity contribution in [2.24, 2.45) is 0 Å². The average molecular weight is 339 g/mol.